The van der Waals surface area contributed by atoms with Crippen LogP contribution in [0.5, 0.6) is 0 Å². The number of carbonyl (C=O) groups is 1. The van der Waals surface area contributed by atoms with E-state index >= 15 is 0 Å². The Morgan fingerprint density at radius 1 is 1.50 bits per heavy atom. The zero-order valence-corrected chi connectivity index (χ0v) is 11.1. The Kier molecular flexibility index (Phi) is 2.88. The summed E-state index contributed by atoms with van der Waals surface area (Å²) in [5, 5.41) is 7.23. The largest absolute Gasteiger partial charge is 0.323 e. The third kappa shape index (κ3) is 2.16. The zero-order valence-electron chi connectivity index (χ0n) is 11.1. The second kappa shape index (κ2) is 4.41. The van der Waals surface area contributed by atoms with E-state index in [9.17, 15) is 4.79 Å². The molecular weight excluding hydrogens is 226 g/mol. The normalized spacial score (nSPS) is 29.8. The second-order valence-corrected chi connectivity index (χ2v) is 5.99. The van der Waals surface area contributed by atoms with Crippen molar-refractivity contribution in [3.05, 3.63) is 11.9 Å². The first kappa shape index (κ1) is 11.8. The van der Waals surface area contributed by atoms with Crippen molar-refractivity contribution >= 4 is 11.6 Å². The van der Waals surface area contributed by atoms with Gasteiger partial charge in [-0.15, -0.1) is 0 Å². The number of rotatable bonds is 3. The molecule has 0 radical (unpaired) electrons. The summed E-state index contributed by atoms with van der Waals surface area (Å²) in [4.78, 5) is 12.1. The lowest BCUT2D eigenvalue weighted by molar-refractivity contribution is -0.117. The molecule has 1 aromatic heterocycles. The Morgan fingerprint density at radius 2 is 2.33 bits per heavy atom. The topological polar surface area (TPSA) is 46.9 Å². The van der Waals surface area contributed by atoms with Crippen LogP contribution in [0.2, 0.25) is 0 Å². The lowest BCUT2D eigenvalue weighted by atomic mass is 9.86. The van der Waals surface area contributed by atoms with Gasteiger partial charge in [-0.3, -0.25) is 9.48 Å². The Hall–Kier alpha value is -1.32. The molecule has 1 amide bonds. The van der Waals surface area contributed by atoms with Crippen molar-refractivity contribution in [3.8, 4) is 0 Å². The molecule has 3 atom stereocenters. The van der Waals surface area contributed by atoms with Crippen LogP contribution in [0, 0.1) is 24.7 Å². The van der Waals surface area contributed by atoms with Crippen LogP contribution in [0.3, 0.4) is 0 Å². The number of nitrogens with one attached hydrogen (secondary N) is 1. The van der Waals surface area contributed by atoms with E-state index in [1.54, 1.807) is 4.68 Å². The number of hydrogen-bond donors (Lipinski definition) is 1. The zero-order chi connectivity index (χ0) is 12.7. The van der Waals surface area contributed by atoms with Crippen molar-refractivity contribution in [2.45, 2.75) is 39.0 Å². The van der Waals surface area contributed by atoms with E-state index in [0.29, 0.717) is 12.3 Å². The van der Waals surface area contributed by atoms with Crippen molar-refractivity contribution in [2.24, 2.45) is 24.8 Å². The molecule has 2 fully saturated rings. The number of nitrogens with zero attached hydrogens (tertiary/aromatic N) is 2. The predicted octanol–water partition coefficient (Wildman–Crippen LogP) is 2.49. The van der Waals surface area contributed by atoms with Gasteiger partial charge in [0.15, 0.2) is 0 Å². The summed E-state index contributed by atoms with van der Waals surface area (Å²) in [5.41, 5.74) is 1.74. The highest BCUT2D eigenvalue weighted by Crippen LogP contribution is 2.49. The van der Waals surface area contributed by atoms with E-state index in [-0.39, 0.29) is 5.91 Å². The maximum atomic E-state index is 12.1. The fourth-order valence-corrected chi connectivity index (χ4v) is 3.79. The smallest absolute Gasteiger partial charge is 0.224 e. The van der Waals surface area contributed by atoms with Crippen LogP contribution < -0.4 is 5.32 Å². The lowest BCUT2D eigenvalue weighted by Crippen LogP contribution is -2.20. The highest BCUT2D eigenvalue weighted by Gasteiger charge is 2.40. The Balaban J connectivity index is 1.57. The minimum Gasteiger partial charge on any atom is -0.323 e. The van der Waals surface area contributed by atoms with Crippen LogP contribution in [-0.4, -0.2) is 15.7 Å². The second-order valence-electron chi connectivity index (χ2n) is 5.99. The molecule has 2 aliphatic rings. The fourth-order valence-electron chi connectivity index (χ4n) is 3.79. The van der Waals surface area contributed by atoms with Gasteiger partial charge < -0.3 is 5.32 Å². The lowest BCUT2D eigenvalue weighted by Gasteiger charge is -2.20. The minimum absolute atomic E-state index is 0.156. The van der Waals surface area contributed by atoms with Gasteiger partial charge in [-0.05, 0) is 43.9 Å². The van der Waals surface area contributed by atoms with Gasteiger partial charge in [-0.25, -0.2) is 0 Å². The molecule has 0 spiro atoms. The van der Waals surface area contributed by atoms with E-state index < -0.39 is 0 Å². The molecule has 1 heterocycles. The Labute approximate surface area is 108 Å². The Bertz CT molecular complexity index is 466. The molecule has 98 valence electrons. The van der Waals surface area contributed by atoms with Gasteiger partial charge in [0.1, 0.15) is 0 Å². The SMILES string of the molecule is Cc1nn(C)cc1NC(=O)CC1CC2CCC1C2. The first-order valence-corrected chi connectivity index (χ1v) is 6.92. The quantitative estimate of drug-likeness (QED) is 0.892. The molecule has 3 rings (SSSR count). The summed E-state index contributed by atoms with van der Waals surface area (Å²) in [6.45, 7) is 1.92. The molecule has 2 saturated carbocycles. The maximum Gasteiger partial charge on any atom is 0.224 e. The van der Waals surface area contributed by atoms with Crippen molar-refractivity contribution in [1.29, 1.82) is 0 Å². The van der Waals surface area contributed by atoms with Crippen LogP contribution in [-0.2, 0) is 11.8 Å². The third-order valence-electron chi connectivity index (χ3n) is 4.62. The molecule has 3 unspecified atom stereocenters. The van der Waals surface area contributed by atoms with E-state index in [2.05, 4.69) is 10.4 Å². The fraction of sp³-hybridized carbons (Fsp3) is 0.714. The van der Waals surface area contributed by atoms with E-state index in [4.69, 9.17) is 0 Å². The molecule has 0 aromatic carbocycles. The van der Waals surface area contributed by atoms with Crippen LogP contribution in [0.15, 0.2) is 6.20 Å². The standard InChI is InChI=1S/C14H21N3O/c1-9-13(8-17(2)16-9)15-14(18)7-12-6-10-3-4-11(12)5-10/h8,10-12H,3-7H2,1-2H3,(H,15,18). The van der Waals surface area contributed by atoms with Gasteiger partial charge in [-0.1, -0.05) is 6.42 Å². The van der Waals surface area contributed by atoms with Gasteiger partial charge >= 0.3 is 0 Å². The van der Waals surface area contributed by atoms with Crippen molar-refractivity contribution < 1.29 is 4.79 Å². The minimum atomic E-state index is 0.156. The van der Waals surface area contributed by atoms with Crippen LogP contribution in [0.25, 0.3) is 0 Å². The molecular formula is C14H21N3O. The first-order chi connectivity index (χ1) is 8.61. The van der Waals surface area contributed by atoms with Crippen LogP contribution in [0.1, 0.15) is 37.8 Å². The molecule has 4 nitrogen and oxygen atoms in total. The molecule has 1 N–H and O–H groups in total. The Morgan fingerprint density at radius 3 is 2.89 bits per heavy atom. The summed E-state index contributed by atoms with van der Waals surface area (Å²) in [6, 6.07) is 0. The molecule has 2 bridgehead atoms. The van der Waals surface area contributed by atoms with E-state index in [0.717, 1.165) is 23.2 Å². The molecule has 1 aromatic rings. The monoisotopic (exact) mass is 247 g/mol. The van der Waals surface area contributed by atoms with Crippen molar-refractivity contribution in [2.75, 3.05) is 5.32 Å². The van der Waals surface area contributed by atoms with Gasteiger partial charge in [0.05, 0.1) is 11.4 Å². The van der Waals surface area contributed by atoms with E-state index in [1.807, 2.05) is 20.2 Å². The summed E-state index contributed by atoms with van der Waals surface area (Å²) in [5.74, 6) is 2.51. The third-order valence-corrected chi connectivity index (χ3v) is 4.62. The molecule has 18 heavy (non-hydrogen) atoms. The summed E-state index contributed by atoms with van der Waals surface area (Å²) in [6.07, 6.45) is 7.93. The van der Waals surface area contributed by atoms with Gasteiger partial charge in [-0.2, -0.15) is 5.10 Å². The average molecular weight is 247 g/mol. The summed E-state index contributed by atoms with van der Waals surface area (Å²) >= 11 is 0. The number of fused-ring (bicyclic) bond motifs is 2. The average Bonchev–Trinajstić information content (AvgIpc) is 2.95. The van der Waals surface area contributed by atoms with E-state index in [1.165, 1.54) is 25.7 Å². The first-order valence-electron chi connectivity index (χ1n) is 6.92. The molecule has 0 saturated heterocycles. The van der Waals surface area contributed by atoms with Crippen LogP contribution in [0.4, 0.5) is 5.69 Å². The number of anilines is 1. The molecule has 4 heteroatoms. The highest BCUT2D eigenvalue weighted by molar-refractivity contribution is 5.91. The number of hydrogen-bond acceptors (Lipinski definition) is 2. The van der Waals surface area contributed by atoms with Crippen molar-refractivity contribution in [1.82, 2.24) is 9.78 Å². The van der Waals surface area contributed by atoms with Gasteiger partial charge in [0.25, 0.3) is 0 Å². The van der Waals surface area contributed by atoms with Gasteiger partial charge in [0, 0.05) is 19.7 Å². The highest BCUT2D eigenvalue weighted by atomic mass is 16.1. The number of aryl methyl sites for hydroxylation is 2. The molecule has 0 aliphatic heterocycles. The van der Waals surface area contributed by atoms with Crippen molar-refractivity contribution in [3.63, 3.8) is 0 Å². The van der Waals surface area contributed by atoms with Crippen LogP contribution >= 0.6 is 0 Å². The summed E-state index contributed by atoms with van der Waals surface area (Å²) in [7, 11) is 1.87. The summed E-state index contributed by atoms with van der Waals surface area (Å²) < 4.78 is 1.74. The maximum absolute atomic E-state index is 12.1. The molecule has 2 aliphatic carbocycles. The number of amides is 1. The predicted molar refractivity (Wildman–Crippen MR) is 70.1 cm³/mol. The number of aromatic nitrogens is 2. The van der Waals surface area contributed by atoms with Gasteiger partial charge in [0.2, 0.25) is 5.91 Å². The number of carbonyl (C=O) groups excluding carboxylic acids is 1.